The van der Waals surface area contributed by atoms with E-state index in [1.165, 1.54) is 0 Å². The molecule has 2 aromatic heterocycles. The minimum absolute atomic E-state index is 0.0961. The van der Waals surface area contributed by atoms with Gasteiger partial charge in [-0.2, -0.15) is 0 Å². The summed E-state index contributed by atoms with van der Waals surface area (Å²) in [6.07, 6.45) is 5.83. The zero-order chi connectivity index (χ0) is 37.8. The van der Waals surface area contributed by atoms with E-state index in [1.54, 1.807) is 18.0 Å². The van der Waals surface area contributed by atoms with Gasteiger partial charge in [0.1, 0.15) is 23.7 Å². The van der Waals surface area contributed by atoms with Gasteiger partial charge in [-0.15, -0.1) is 0 Å². The molecular weight excluding hydrogens is 681 g/mol. The smallest absolute Gasteiger partial charge is 0.405 e. The molecule has 2 saturated heterocycles. The fourth-order valence-electron chi connectivity index (χ4n) is 8.01. The Morgan fingerprint density at radius 2 is 1.20 bits per heavy atom. The number of hydrogen-bond donors (Lipinski definition) is 4. The van der Waals surface area contributed by atoms with Gasteiger partial charge in [0.05, 0.1) is 35.9 Å². The second-order valence-electron chi connectivity index (χ2n) is 14.1. The van der Waals surface area contributed by atoms with Crippen molar-refractivity contribution in [2.24, 2.45) is 0 Å². The van der Waals surface area contributed by atoms with Crippen LogP contribution in [0, 0.1) is 0 Å². The van der Waals surface area contributed by atoms with Crippen LogP contribution in [0.3, 0.4) is 0 Å². The molecule has 0 radical (unpaired) electrons. The summed E-state index contributed by atoms with van der Waals surface area (Å²) in [5.74, 6) is 1.39. The molecule has 2 fully saturated rings. The molecule has 0 aliphatic carbocycles. The number of carbonyl (C=O) groups excluding carboxylic acids is 2. The van der Waals surface area contributed by atoms with Crippen molar-refractivity contribution in [3.8, 4) is 33.6 Å². The molecule has 0 saturated carbocycles. The van der Waals surface area contributed by atoms with E-state index in [2.05, 4.69) is 87.5 Å². The number of likely N-dealkylation sites (N-methyl/N-ethyl adjacent to an activating group) is 1. The van der Waals surface area contributed by atoms with Crippen LogP contribution in [0.5, 0.6) is 0 Å². The third kappa shape index (κ3) is 7.52. The number of hydrogen-bond acceptors (Lipinski definition) is 6. The van der Waals surface area contributed by atoms with Crippen molar-refractivity contribution in [2.45, 2.75) is 70.6 Å². The van der Waals surface area contributed by atoms with Crippen LogP contribution in [0.25, 0.3) is 33.6 Å². The highest BCUT2D eigenvalue weighted by Gasteiger charge is 2.38. The summed E-state index contributed by atoms with van der Waals surface area (Å²) in [7, 11) is 0. The van der Waals surface area contributed by atoms with Crippen molar-refractivity contribution in [1.29, 1.82) is 0 Å². The highest BCUT2D eigenvalue weighted by molar-refractivity contribution is 5.85. The standard InChI is InChI=1S/C42H48N8O4/c1-4-48(5-2)37(32-11-7-6-8-12-32)41(52)50-24-10-14-36(50)39-44-26-34(47-39)31-21-17-29(18-22-31)28-15-19-30(20-16-28)33-25-43-38(46-33)35-13-9-23-49(35)40(51)27(3)45-42(53)54/h6-8,11-12,15-22,25-27,35-37,45H,4-5,9-10,13-14,23-24H2,1-3H3,(H,43,46)(H,44,47)(H,53,54)/t27-,35-,36+,37-/m1/s1. The Morgan fingerprint density at radius 1 is 0.741 bits per heavy atom. The molecule has 7 rings (SSSR count). The lowest BCUT2D eigenvalue weighted by Crippen LogP contribution is -2.46. The quantitative estimate of drug-likeness (QED) is 0.106. The number of amides is 3. The Kier molecular flexibility index (Phi) is 10.9. The lowest BCUT2D eigenvalue weighted by molar-refractivity contribution is -0.138. The Hall–Kier alpha value is -5.75. The fourth-order valence-corrected chi connectivity index (χ4v) is 8.01. The number of H-pyrrole nitrogens is 2. The summed E-state index contributed by atoms with van der Waals surface area (Å²) in [4.78, 5) is 60.5. The average Bonchev–Trinajstić information content (AvgIpc) is 4.03. The third-order valence-electron chi connectivity index (χ3n) is 10.9. The molecule has 5 aromatic rings. The van der Waals surface area contributed by atoms with Crippen LogP contribution in [-0.4, -0.2) is 89.9 Å². The molecule has 0 unspecified atom stereocenters. The Balaban J connectivity index is 1.02. The first-order valence-corrected chi connectivity index (χ1v) is 19.0. The van der Waals surface area contributed by atoms with Gasteiger partial charge in [-0.1, -0.05) is 92.7 Å². The number of nitrogens with zero attached hydrogens (tertiary/aromatic N) is 5. The predicted molar refractivity (Wildman–Crippen MR) is 207 cm³/mol. The van der Waals surface area contributed by atoms with E-state index in [9.17, 15) is 14.4 Å². The average molecular weight is 729 g/mol. The third-order valence-corrected chi connectivity index (χ3v) is 10.9. The van der Waals surface area contributed by atoms with Crippen LogP contribution in [0.2, 0.25) is 0 Å². The van der Waals surface area contributed by atoms with Gasteiger partial charge in [-0.05, 0) is 73.5 Å². The first-order valence-electron chi connectivity index (χ1n) is 19.0. The van der Waals surface area contributed by atoms with Crippen LogP contribution >= 0.6 is 0 Å². The van der Waals surface area contributed by atoms with Gasteiger partial charge in [0.2, 0.25) is 11.8 Å². The maximum atomic E-state index is 14.2. The topological polar surface area (TPSA) is 151 Å². The van der Waals surface area contributed by atoms with Gasteiger partial charge in [0.15, 0.2) is 0 Å². The van der Waals surface area contributed by atoms with Gasteiger partial charge in [0.25, 0.3) is 0 Å². The Bertz CT molecular complexity index is 2060. The molecule has 4 heterocycles. The molecular formula is C42H48N8O4. The summed E-state index contributed by atoms with van der Waals surface area (Å²) in [5.41, 5.74) is 6.94. The first kappa shape index (κ1) is 36.6. The first-order chi connectivity index (χ1) is 26.2. The Morgan fingerprint density at radius 3 is 1.67 bits per heavy atom. The van der Waals surface area contributed by atoms with E-state index in [-0.39, 0.29) is 29.9 Å². The SMILES string of the molecule is CCN(CC)[C@@H](C(=O)N1CCC[C@H]1c1ncc(-c2ccc(-c3ccc(-c4cnc([C@H]5CCCN5C(=O)[C@@H](C)NC(=O)O)[nH]4)cc3)cc2)[nH]1)c1ccccc1. The van der Waals surface area contributed by atoms with Crippen LogP contribution in [0.1, 0.15) is 81.8 Å². The number of nitrogens with one attached hydrogen (secondary N) is 3. The molecule has 2 aliphatic heterocycles. The number of likely N-dealkylation sites (tertiary alicyclic amines) is 2. The van der Waals surface area contributed by atoms with E-state index in [4.69, 9.17) is 10.1 Å². The molecule has 54 heavy (non-hydrogen) atoms. The van der Waals surface area contributed by atoms with Gasteiger partial charge in [-0.25, -0.2) is 14.8 Å². The lowest BCUT2D eigenvalue weighted by atomic mass is 10.0. The normalized spacial score (nSPS) is 18.2. The highest BCUT2D eigenvalue weighted by Crippen LogP contribution is 2.36. The van der Waals surface area contributed by atoms with Crippen LogP contribution < -0.4 is 5.32 Å². The van der Waals surface area contributed by atoms with Crippen molar-refractivity contribution in [3.63, 3.8) is 0 Å². The number of carbonyl (C=O) groups is 3. The molecule has 3 aromatic carbocycles. The zero-order valence-electron chi connectivity index (χ0n) is 31.0. The number of rotatable bonds is 12. The molecule has 4 N–H and O–H groups in total. The zero-order valence-corrected chi connectivity index (χ0v) is 31.0. The van der Waals surface area contributed by atoms with Crippen molar-refractivity contribution in [3.05, 3.63) is 108 Å². The summed E-state index contributed by atoms with van der Waals surface area (Å²) < 4.78 is 0. The summed E-state index contributed by atoms with van der Waals surface area (Å²) in [6.45, 7) is 8.63. The molecule has 4 atom stereocenters. The number of carboxylic acid groups (broad SMARTS) is 1. The van der Waals surface area contributed by atoms with Crippen molar-refractivity contribution < 1.29 is 19.5 Å². The molecule has 0 bridgehead atoms. The Labute approximate surface area is 315 Å². The molecule has 12 nitrogen and oxygen atoms in total. The summed E-state index contributed by atoms with van der Waals surface area (Å²) >= 11 is 0. The number of imidazole rings is 2. The van der Waals surface area contributed by atoms with E-state index in [0.717, 1.165) is 83.8 Å². The summed E-state index contributed by atoms with van der Waals surface area (Å²) in [6, 6.07) is 25.3. The maximum absolute atomic E-state index is 14.2. The van der Waals surface area contributed by atoms with Gasteiger partial charge >= 0.3 is 6.09 Å². The summed E-state index contributed by atoms with van der Waals surface area (Å²) in [5, 5.41) is 11.3. The predicted octanol–water partition coefficient (Wildman–Crippen LogP) is 7.20. The van der Waals surface area contributed by atoms with Crippen molar-refractivity contribution >= 4 is 17.9 Å². The lowest BCUT2D eigenvalue weighted by Gasteiger charge is -2.34. The highest BCUT2D eigenvalue weighted by atomic mass is 16.4. The second-order valence-corrected chi connectivity index (χ2v) is 14.1. The van der Waals surface area contributed by atoms with E-state index >= 15 is 0 Å². The van der Waals surface area contributed by atoms with E-state index in [0.29, 0.717) is 18.9 Å². The van der Waals surface area contributed by atoms with Crippen molar-refractivity contribution in [1.82, 2.24) is 40.0 Å². The second kappa shape index (κ2) is 16.1. The van der Waals surface area contributed by atoms with E-state index < -0.39 is 12.1 Å². The maximum Gasteiger partial charge on any atom is 0.405 e. The number of benzene rings is 3. The monoisotopic (exact) mass is 728 g/mol. The van der Waals surface area contributed by atoms with Gasteiger partial charge in [0, 0.05) is 13.1 Å². The molecule has 280 valence electrons. The van der Waals surface area contributed by atoms with Gasteiger partial charge in [-0.3, -0.25) is 14.5 Å². The largest absolute Gasteiger partial charge is 0.465 e. The number of aromatic amines is 2. The van der Waals surface area contributed by atoms with Crippen LogP contribution in [-0.2, 0) is 9.59 Å². The van der Waals surface area contributed by atoms with Gasteiger partial charge < -0.3 is 30.2 Å². The van der Waals surface area contributed by atoms with Crippen LogP contribution in [0.15, 0.2) is 91.3 Å². The van der Waals surface area contributed by atoms with Crippen molar-refractivity contribution in [2.75, 3.05) is 26.2 Å². The fraction of sp³-hybridized carbons (Fsp3) is 0.357. The molecule has 0 spiro atoms. The molecule has 2 aliphatic rings. The minimum Gasteiger partial charge on any atom is -0.465 e. The van der Waals surface area contributed by atoms with E-state index in [1.807, 2.05) is 41.4 Å². The number of aromatic nitrogens is 4. The molecule has 3 amide bonds. The minimum atomic E-state index is -1.22. The molecule has 12 heteroatoms. The van der Waals surface area contributed by atoms with Crippen LogP contribution in [0.4, 0.5) is 4.79 Å².